The lowest BCUT2D eigenvalue weighted by Crippen LogP contribution is -2.26. The zero-order chi connectivity index (χ0) is 8.27. The van der Waals surface area contributed by atoms with Gasteiger partial charge in [-0.2, -0.15) is 0 Å². The Balaban J connectivity index is 2.85. The lowest BCUT2D eigenvalue weighted by molar-refractivity contribution is 0.967. The average molecular weight is 166 g/mol. The van der Waals surface area contributed by atoms with Crippen molar-refractivity contribution in [3.8, 4) is 0 Å². The molecule has 0 spiro atoms. The van der Waals surface area contributed by atoms with Crippen molar-refractivity contribution in [3.05, 3.63) is 35.9 Å². The molecule has 0 saturated carbocycles. The molecule has 3 heteroatoms. The molecule has 0 saturated heterocycles. The highest BCUT2D eigenvalue weighted by Crippen LogP contribution is 2.08. The Morgan fingerprint density at radius 3 is 2.27 bits per heavy atom. The van der Waals surface area contributed by atoms with Crippen LogP contribution >= 0.6 is 12.2 Å². The first-order chi connectivity index (χ1) is 5.22. The van der Waals surface area contributed by atoms with Crippen molar-refractivity contribution >= 4 is 17.2 Å². The monoisotopic (exact) mass is 166 g/mol. The van der Waals surface area contributed by atoms with Crippen molar-refractivity contribution in [3.63, 3.8) is 0 Å². The molecule has 0 aliphatic rings. The highest BCUT2D eigenvalue weighted by Gasteiger charge is 2.06. The van der Waals surface area contributed by atoms with Crippen LogP contribution in [-0.4, -0.2) is 4.99 Å². The van der Waals surface area contributed by atoms with Crippen LogP contribution in [0.4, 0.5) is 0 Å². The highest BCUT2D eigenvalue weighted by molar-refractivity contribution is 7.80. The molecule has 0 radical (unpaired) electrons. The van der Waals surface area contributed by atoms with E-state index in [-0.39, 0.29) is 6.04 Å². The largest absolute Gasteiger partial charge is 0.392 e. The normalized spacial score (nSPS) is 12.5. The minimum Gasteiger partial charge on any atom is -0.392 e. The molecule has 0 heterocycles. The van der Waals surface area contributed by atoms with Gasteiger partial charge in [-0.05, 0) is 5.56 Å². The van der Waals surface area contributed by atoms with Crippen LogP contribution < -0.4 is 11.5 Å². The number of nitrogens with two attached hydrogens (primary N) is 2. The van der Waals surface area contributed by atoms with Gasteiger partial charge in [-0.15, -0.1) is 0 Å². The predicted molar refractivity (Wildman–Crippen MR) is 50.2 cm³/mol. The first-order valence-electron chi connectivity index (χ1n) is 3.31. The Hall–Kier alpha value is -0.930. The molecule has 2 nitrogen and oxygen atoms in total. The molecular formula is C8H10N2S. The summed E-state index contributed by atoms with van der Waals surface area (Å²) in [6.45, 7) is 0. The van der Waals surface area contributed by atoms with Crippen molar-refractivity contribution in [2.75, 3.05) is 0 Å². The van der Waals surface area contributed by atoms with Gasteiger partial charge in [0.25, 0.3) is 0 Å². The fourth-order valence-electron chi connectivity index (χ4n) is 0.825. The van der Waals surface area contributed by atoms with Crippen molar-refractivity contribution < 1.29 is 0 Å². The van der Waals surface area contributed by atoms with E-state index in [1.807, 2.05) is 30.3 Å². The van der Waals surface area contributed by atoms with Gasteiger partial charge < -0.3 is 11.5 Å². The zero-order valence-electron chi connectivity index (χ0n) is 6.03. The maximum absolute atomic E-state index is 5.67. The number of thiocarbonyl (C=S) groups is 1. The van der Waals surface area contributed by atoms with Crippen LogP contribution in [0, 0.1) is 0 Å². The molecular weight excluding hydrogens is 156 g/mol. The Labute approximate surface area is 71.2 Å². The number of rotatable bonds is 2. The van der Waals surface area contributed by atoms with E-state index in [0.717, 1.165) is 5.56 Å². The lowest BCUT2D eigenvalue weighted by Gasteiger charge is -2.08. The third kappa shape index (κ3) is 2.00. The fraction of sp³-hybridized carbons (Fsp3) is 0.125. The molecule has 58 valence electrons. The summed E-state index contributed by atoms with van der Waals surface area (Å²) in [6, 6.07) is 9.25. The summed E-state index contributed by atoms with van der Waals surface area (Å²) in [5.41, 5.74) is 12.0. The van der Waals surface area contributed by atoms with Crippen LogP contribution in [0.3, 0.4) is 0 Å². The van der Waals surface area contributed by atoms with Crippen LogP contribution in [0.1, 0.15) is 11.6 Å². The van der Waals surface area contributed by atoms with Crippen molar-refractivity contribution in [1.82, 2.24) is 0 Å². The predicted octanol–water partition coefficient (Wildman–Crippen LogP) is 0.973. The molecule has 11 heavy (non-hydrogen) atoms. The molecule has 0 aliphatic carbocycles. The third-order valence-electron chi connectivity index (χ3n) is 1.47. The second-order valence-electron chi connectivity index (χ2n) is 2.29. The van der Waals surface area contributed by atoms with Crippen LogP contribution in [0.25, 0.3) is 0 Å². The summed E-state index contributed by atoms with van der Waals surface area (Å²) >= 11 is 4.75. The van der Waals surface area contributed by atoms with Gasteiger partial charge in [0.1, 0.15) is 0 Å². The smallest absolute Gasteiger partial charge is 0.0943 e. The summed E-state index contributed by atoms with van der Waals surface area (Å²) in [7, 11) is 0. The molecule has 0 amide bonds. The third-order valence-corrected chi connectivity index (χ3v) is 1.72. The van der Waals surface area contributed by atoms with Gasteiger partial charge in [0.05, 0.1) is 11.0 Å². The van der Waals surface area contributed by atoms with Crippen molar-refractivity contribution in [2.45, 2.75) is 6.04 Å². The molecule has 0 aliphatic heterocycles. The van der Waals surface area contributed by atoms with Gasteiger partial charge in [0.15, 0.2) is 0 Å². The Bertz CT molecular complexity index is 246. The first kappa shape index (κ1) is 8.17. The minimum atomic E-state index is -0.314. The molecule has 1 unspecified atom stereocenters. The summed E-state index contributed by atoms with van der Waals surface area (Å²) < 4.78 is 0. The molecule has 1 atom stereocenters. The Morgan fingerprint density at radius 1 is 1.27 bits per heavy atom. The second-order valence-corrected chi connectivity index (χ2v) is 2.76. The van der Waals surface area contributed by atoms with Gasteiger partial charge in [-0.1, -0.05) is 42.5 Å². The maximum atomic E-state index is 5.67. The zero-order valence-corrected chi connectivity index (χ0v) is 6.84. The maximum Gasteiger partial charge on any atom is 0.0943 e. The second kappa shape index (κ2) is 3.46. The molecule has 1 aromatic carbocycles. The van der Waals surface area contributed by atoms with E-state index < -0.39 is 0 Å². The van der Waals surface area contributed by atoms with Gasteiger partial charge in [0, 0.05) is 0 Å². The van der Waals surface area contributed by atoms with E-state index >= 15 is 0 Å². The quantitative estimate of drug-likeness (QED) is 0.644. The number of hydrogen-bond acceptors (Lipinski definition) is 2. The molecule has 4 N–H and O–H groups in total. The van der Waals surface area contributed by atoms with Crippen molar-refractivity contribution in [1.29, 1.82) is 0 Å². The molecule has 1 rings (SSSR count). The van der Waals surface area contributed by atoms with E-state index in [2.05, 4.69) is 0 Å². The lowest BCUT2D eigenvalue weighted by atomic mass is 10.1. The standard InChI is InChI=1S/C8H10N2S/c9-7(8(10)11)6-4-2-1-3-5-6/h1-5,7H,9H2,(H2,10,11). The summed E-state index contributed by atoms with van der Waals surface area (Å²) in [5.74, 6) is 0. The summed E-state index contributed by atoms with van der Waals surface area (Å²) in [5, 5.41) is 0. The van der Waals surface area contributed by atoms with Crippen LogP contribution in [-0.2, 0) is 0 Å². The number of benzene rings is 1. The van der Waals surface area contributed by atoms with E-state index in [1.165, 1.54) is 0 Å². The van der Waals surface area contributed by atoms with Crippen molar-refractivity contribution in [2.24, 2.45) is 11.5 Å². The Kier molecular flexibility index (Phi) is 2.57. The van der Waals surface area contributed by atoms with E-state index in [4.69, 9.17) is 23.7 Å². The van der Waals surface area contributed by atoms with Crippen LogP contribution in [0.15, 0.2) is 30.3 Å². The van der Waals surface area contributed by atoms with Gasteiger partial charge in [0.2, 0.25) is 0 Å². The Morgan fingerprint density at radius 2 is 1.82 bits per heavy atom. The fourth-order valence-corrected chi connectivity index (χ4v) is 0.961. The summed E-state index contributed by atoms with van der Waals surface area (Å²) in [4.78, 5) is 0.330. The molecule has 1 aromatic rings. The SMILES string of the molecule is NC(=S)C(N)c1ccccc1. The molecule has 0 bridgehead atoms. The average Bonchev–Trinajstić information content (AvgIpc) is 2.05. The first-order valence-corrected chi connectivity index (χ1v) is 3.72. The van der Waals surface area contributed by atoms with Gasteiger partial charge in [-0.3, -0.25) is 0 Å². The van der Waals surface area contributed by atoms with E-state index in [9.17, 15) is 0 Å². The summed E-state index contributed by atoms with van der Waals surface area (Å²) in [6.07, 6.45) is 0. The minimum absolute atomic E-state index is 0.314. The number of hydrogen-bond donors (Lipinski definition) is 2. The molecule has 0 aromatic heterocycles. The van der Waals surface area contributed by atoms with E-state index in [0.29, 0.717) is 4.99 Å². The highest BCUT2D eigenvalue weighted by atomic mass is 32.1. The molecule has 0 fully saturated rings. The van der Waals surface area contributed by atoms with Gasteiger partial charge >= 0.3 is 0 Å². The van der Waals surface area contributed by atoms with E-state index in [1.54, 1.807) is 0 Å². The van der Waals surface area contributed by atoms with Gasteiger partial charge in [-0.25, -0.2) is 0 Å². The topological polar surface area (TPSA) is 52.0 Å². The van der Waals surface area contributed by atoms with Crippen LogP contribution in [0.2, 0.25) is 0 Å². The van der Waals surface area contributed by atoms with Crippen LogP contribution in [0.5, 0.6) is 0 Å².